The summed E-state index contributed by atoms with van der Waals surface area (Å²) < 4.78 is 2.99. The first-order chi connectivity index (χ1) is 9.27. The lowest BCUT2D eigenvalue weighted by Gasteiger charge is -2.18. The van der Waals surface area contributed by atoms with E-state index in [2.05, 4.69) is 50.2 Å². The second-order valence-electron chi connectivity index (χ2n) is 4.20. The summed E-state index contributed by atoms with van der Waals surface area (Å²) in [5.41, 5.74) is 1.08. The third-order valence-electron chi connectivity index (χ3n) is 2.79. The summed E-state index contributed by atoms with van der Waals surface area (Å²) >= 11 is 3.58. The zero-order valence-corrected chi connectivity index (χ0v) is 12.8. The van der Waals surface area contributed by atoms with Gasteiger partial charge in [0, 0.05) is 18.9 Å². The molecule has 0 saturated heterocycles. The molecule has 1 atom stereocenters. The Hall–Kier alpha value is -1.27. The Morgan fingerprint density at radius 3 is 2.68 bits per heavy atom. The minimum absolute atomic E-state index is 0.0466. The van der Waals surface area contributed by atoms with Crippen molar-refractivity contribution in [3.05, 3.63) is 40.6 Å². The van der Waals surface area contributed by atoms with Crippen LogP contribution < -0.4 is 5.32 Å². The van der Waals surface area contributed by atoms with Crippen LogP contribution in [0, 0.1) is 0 Å². The van der Waals surface area contributed by atoms with E-state index in [9.17, 15) is 0 Å². The number of aromatic nitrogens is 4. The van der Waals surface area contributed by atoms with E-state index in [1.165, 1.54) is 0 Å². The van der Waals surface area contributed by atoms with Crippen molar-refractivity contribution < 1.29 is 0 Å². The first kappa shape index (κ1) is 14.1. The molecule has 0 fully saturated rings. The van der Waals surface area contributed by atoms with Gasteiger partial charge in [-0.3, -0.25) is 4.68 Å². The lowest BCUT2D eigenvalue weighted by molar-refractivity contribution is 0.505. The Balaban J connectivity index is 2.42. The number of hydrogen-bond acceptors (Lipinski definition) is 4. The van der Waals surface area contributed by atoms with E-state index in [0.717, 1.165) is 35.5 Å². The molecule has 102 valence electrons. The molecule has 19 heavy (non-hydrogen) atoms. The van der Waals surface area contributed by atoms with Gasteiger partial charge in [0.25, 0.3) is 0 Å². The van der Waals surface area contributed by atoms with Crippen molar-refractivity contribution in [2.75, 3.05) is 6.54 Å². The second kappa shape index (κ2) is 6.77. The summed E-state index contributed by atoms with van der Waals surface area (Å²) in [6, 6.07) is 1.78. The normalized spacial score (nSPS) is 12.6. The molecule has 0 aliphatic carbocycles. The number of halogens is 1. The van der Waals surface area contributed by atoms with Gasteiger partial charge in [0.2, 0.25) is 0 Å². The van der Waals surface area contributed by atoms with Gasteiger partial charge >= 0.3 is 0 Å². The molecule has 2 heterocycles. The van der Waals surface area contributed by atoms with E-state index in [-0.39, 0.29) is 6.04 Å². The summed E-state index contributed by atoms with van der Waals surface area (Å²) in [6.07, 6.45) is 6.40. The highest BCUT2D eigenvalue weighted by molar-refractivity contribution is 9.10. The molecule has 2 aromatic heterocycles. The van der Waals surface area contributed by atoms with Crippen LogP contribution in [-0.4, -0.2) is 26.3 Å². The predicted octanol–water partition coefficient (Wildman–Crippen LogP) is 2.54. The van der Waals surface area contributed by atoms with Gasteiger partial charge in [0.05, 0.1) is 16.4 Å². The minimum atomic E-state index is -0.0466. The first-order valence-electron chi connectivity index (χ1n) is 6.49. The van der Waals surface area contributed by atoms with Crippen LogP contribution in [0.25, 0.3) is 0 Å². The Morgan fingerprint density at radius 1 is 1.32 bits per heavy atom. The van der Waals surface area contributed by atoms with E-state index in [4.69, 9.17) is 0 Å². The van der Waals surface area contributed by atoms with E-state index >= 15 is 0 Å². The lowest BCUT2D eigenvalue weighted by Crippen LogP contribution is -2.27. The SMILES string of the molecule is CCCn1ncc(Br)c1C(NCC)c1ncccn1. The first-order valence-corrected chi connectivity index (χ1v) is 7.28. The van der Waals surface area contributed by atoms with Crippen LogP contribution in [0.1, 0.15) is 37.8 Å². The molecule has 2 aromatic rings. The number of rotatable bonds is 6. The molecule has 0 aliphatic heterocycles. The summed E-state index contributed by atoms with van der Waals surface area (Å²) in [5.74, 6) is 0.767. The number of hydrogen-bond donors (Lipinski definition) is 1. The molecule has 0 radical (unpaired) electrons. The Morgan fingerprint density at radius 2 is 2.05 bits per heavy atom. The summed E-state index contributed by atoms with van der Waals surface area (Å²) in [4.78, 5) is 8.72. The Bertz CT molecular complexity index is 511. The smallest absolute Gasteiger partial charge is 0.151 e. The van der Waals surface area contributed by atoms with E-state index in [1.54, 1.807) is 12.4 Å². The molecule has 0 saturated carbocycles. The zero-order chi connectivity index (χ0) is 13.7. The zero-order valence-electron chi connectivity index (χ0n) is 11.2. The van der Waals surface area contributed by atoms with Crippen molar-refractivity contribution in [1.82, 2.24) is 25.1 Å². The van der Waals surface area contributed by atoms with Gasteiger partial charge in [0.15, 0.2) is 5.82 Å². The van der Waals surface area contributed by atoms with Crippen LogP contribution in [-0.2, 0) is 6.54 Å². The standard InChI is InChI=1S/C13H18BrN5/c1-3-8-19-12(10(14)9-18-19)11(15-4-2)13-16-6-5-7-17-13/h5-7,9,11,15H,3-4,8H2,1-2H3. The van der Waals surface area contributed by atoms with Crippen LogP contribution in [0.3, 0.4) is 0 Å². The highest BCUT2D eigenvalue weighted by Gasteiger charge is 2.22. The van der Waals surface area contributed by atoms with Crippen LogP contribution in [0.5, 0.6) is 0 Å². The van der Waals surface area contributed by atoms with Crippen molar-refractivity contribution in [3.63, 3.8) is 0 Å². The average Bonchev–Trinajstić information content (AvgIpc) is 2.79. The van der Waals surface area contributed by atoms with E-state index in [0.29, 0.717) is 0 Å². The maximum absolute atomic E-state index is 4.41. The van der Waals surface area contributed by atoms with Gasteiger partial charge in [-0.15, -0.1) is 0 Å². The fourth-order valence-corrected chi connectivity index (χ4v) is 2.55. The maximum Gasteiger partial charge on any atom is 0.151 e. The minimum Gasteiger partial charge on any atom is -0.303 e. The molecule has 2 rings (SSSR count). The van der Waals surface area contributed by atoms with E-state index < -0.39 is 0 Å². The Labute approximate surface area is 121 Å². The highest BCUT2D eigenvalue weighted by atomic mass is 79.9. The topological polar surface area (TPSA) is 55.6 Å². The van der Waals surface area contributed by atoms with Gasteiger partial charge in [0.1, 0.15) is 6.04 Å². The molecular formula is C13H18BrN5. The molecule has 0 amide bonds. The van der Waals surface area contributed by atoms with Gasteiger partial charge in [-0.2, -0.15) is 5.10 Å². The van der Waals surface area contributed by atoms with Crippen molar-refractivity contribution in [1.29, 1.82) is 0 Å². The van der Waals surface area contributed by atoms with Gasteiger partial charge < -0.3 is 5.32 Å². The van der Waals surface area contributed by atoms with Gasteiger partial charge in [-0.25, -0.2) is 9.97 Å². The molecule has 6 heteroatoms. The summed E-state index contributed by atoms with van der Waals surface area (Å²) in [6.45, 7) is 5.94. The van der Waals surface area contributed by atoms with Crippen molar-refractivity contribution in [2.45, 2.75) is 32.9 Å². The van der Waals surface area contributed by atoms with Crippen LogP contribution in [0.2, 0.25) is 0 Å². The molecule has 0 spiro atoms. The molecule has 0 bridgehead atoms. The van der Waals surface area contributed by atoms with Crippen LogP contribution >= 0.6 is 15.9 Å². The number of nitrogens with zero attached hydrogens (tertiary/aromatic N) is 4. The van der Waals surface area contributed by atoms with E-state index in [1.807, 2.05) is 16.9 Å². The van der Waals surface area contributed by atoms with Gasteiger partial charge in [-0.05, 0) is 35.0 Å². The number of nitrogens with one attached hydrogen (secondary N) is 1. The highest BCUT2D eigenvalue weighted by Crippen LogP contribution is 2.26. The fraction of sp³-hybridized carbons (Fsp3) is 0.462. The largest absolute Gasteiger partial charge is 0.303 e. The van der Waals surface area contributed by atoms with Crippen LogP contribution in [0.15, 0.2) is 29.1 Å². The monoisotopic (exact) mass is 323 g/mol. The summed E-state index contributed by atoms with van der Waals surface area (Å²) in [5, 5.41) is 7.83. The van der Waals surface area contributed by atoms with Gasteiger partial charge in [-0.1, -0.05) is 13.8 Å². The molecule has 0 aromatic carbocycles. The van der Waals surface area contributed by atoms with Crippen molar-refractivity contribution in [2.24, 2.45) is 0 Å². The lowest BCUT2D eigenvalue weighted by atomic mass is 10.2. The quantitative estimate of drug-likeness (QED) is 0.887. The maximum atomic E-state index is 4.41. The molecule has 1 unspecified atom stereocenters. The average molecular weight is 324 g/mol. The van der Waals surface area contributed by atoms with Crippen molar-refractivity contribution >= 4 is 15.9 Å². The predicted molar refractivity (Wildman–Crippen MR) is 77.8 cm³/mol. The third-order valence-corrected chi connectivity index (χ3v) is 3.41. The molecule has 1 N–H and O–H groups in total. The molecule has 5 nitrogen and oxygen atoms in total. The van der Waals surface area contributed by atoms with Crippen LogP contribution in [0.4, 0.5) is 0 Å². The van der Waals surface area contributed by atoms with Crippen molar-refractivity contribution in [3.8, 4) is 0 Å². The fourth-order valence-electron chi connectivity index (χ4n) is 2.02. The summed E-state index contributed by atoms with van der Waals surface area (Å²) in [7, 11) is 0. The molecular weight excluding hydrogens is 306 g/mol. The Kier molecular flexibility index (Phi) is 5.04. The number of aryl methyl sites for hydroxylation is 1. The second-order valence-corrected chi connectivity index (χ2v) is 5.05. The molecule has 0 aliphatic rings. The third kappa shape index (κ3) is 3.19.